The molecule has 1 heterocycles. The van der Waals surface area contributed by atoms with E-state index in [4.69, 9.17) is 16.3 Å². The molecule has 7 heteroatoms. The SMILES string of the molecule is COc1ccc(NC2=C(c3ccc(Cl)cc3)C(=O)N(Cc3ccc(F)cc3)C2=O)cc1. The van der Waals surface area contributed by atoms with Crippen LogP contribution in [0.15, 0.2) is 78.5 Å². The summed E-state index contributed by atoms with van der Waals surface area (Å²) in [6.07, 6.45) is 0. The maximum atomic E-state index is 13.3. The third-order valence-electron chi connectivity index (χ3n) is 4.91. The number of carbonyl (C=O) groups is 2. The van der Waals surface area contributed by atoms with Crippen molar-refractivity contribution in [1.82, 2.24) is 4.90 Å². The van der Waals surface area contributed by atoms with Crippen molar-refractivity contribution in [2.24, 2.45) is 0 Å². The Morgan fingerprint density at radius 3 is 2.16 bits per heavy atom. The molecule has 0 fully saturated rings. The van der Waals surface area contributed by atoms with Crippen LogP contribution in [0.4, 0.5) is 10.1 Å². The van der Waals surface area contributed by atoms with Gasteiger partial charge in [0.15, 0.2) is 0 Å². The summed E-state index contributed by atoms with van der Waals surface area (Å²) in [5.41, 5.74) is 2.26. The van der Waals surface area contributed by atoms with Crippen molar-refractivity contribution in [1.29, 1.82) is 0 Å². The number of benzene rings is 3. The van der Waals surface area contributed by atoms with Gasteiger partial charge in [-0.05, 0) is 59.7 Å². The highest BCUT2D eigenvalue weighted by Gasteiger charge is 2.39. The molecule has 31 heavy (non-hydrogen) atoms. The molecule has 2 amide bonds. The van der Waals surface area contributed by atoms with Gasteiger partial charge in [-0.1, -0.05) is 35.9 Å². The molecule has 1 N–H and O–H groups in total. The van der Waals surface area contributed by atoms with E-state index in [9.17, 15) is 14.0 Å². The molecule has 5 nitrogen and oxygen atoms in total. The van der Waals surface area contributed by atoms with Crippen LogP contribution >= 0.6 is 11.6 Å². The summed E-state index contributed by atoms with van der Waals surface area (Å²) in [4.78, 5) is 27.6. The van der Waals surface area contributed by atoms with Crippen molar-refractivity contribution < 1.29 is 18.7 Å². The van der Waals surface area contributed by atoms with Gasteiger partial charge in [-0.25, -0.2) is 4.39 Å². The minimum atomic E-state index is -0.463. The zero-order valence-electron chi connectivity index (χ0n) is 16.6. The lowest BCUT2D eigenvalue weighted by Crippen LogP contribution is -2.32. The minimum Gasteiger partial charge on any atom is -0.497 e. The topological polar surface area (TPSA) is 58.6 Å². The van der Waals surface area contributed by atoms with Gasteiger partial charge in [0.1, 0.15) is 17.3 Å². The molecular weight excluding hydrogens is 419 g/mol. The number of nitrogens with zero attached hydrogens (tertiary/aromatic N) is 1. The molecule has 0 aliphatic carbocycles. The van der Waals surface area contributed by atoms with Gasteiger partial charge >= 0.3 is 0 Å². The molecule has 0 saturated heterocycles. The number of halogens is 2. The van der Waals surface area contributed by atoms with Crippen LogP contribution in [-0.4, -0.2) is 23.8 Å². The number of anilines is 1. The third-order valence-corrected chi connectivity index (χ3v) is 5.17. The molecule has 1 aliphatic rings. The molecule has 1 aliphatic heterocycles. The van der Waals surface area contributed by atoms with Gasteiger partial charge in [0, 0.05) is 10.7 Å². The standard InChI is InChI=1S/C24H18ClFN2O3/c1-31-20-12-10-19(11-13-20)27-22-21(16-4-6-17(25)7-5-16)23(29)28(24(22)30)14-15-2-8-18(26)9-3-15/h2-13,27H,14H2,1H3. The second-order valence-corrected chi connectivity index (χ2v) is 7.37. The van der Waals surface area contributed by atoms with E-state index in [0.29, 0.717) is 27.6 Å². The molecule has 0 spiro atoms. The predicted octanol–water partition coefficient (Wildman–Crippen LogP) is 4.88. The van der Waals surface area contributed by atoms with Crippen LogP contribution in [0.2, 0.25) is 5.02 Å². The van der Waals surface area contributed by atoms with Crippen LogP contribution in [0.3, 0.4) is 0 Å². The van der Waals surface area contributed by atoms with Crippen LogP contribution in [0.5, 0.6) is 5.75 Å². The molecule has 0 bridgehead atoms. The lowest BCUT2D eigenvalue weighted by molar-refractivity contribution is -0.137. The average Bonchev–Trinajstić information content (AvgIpc) is 3.00. The number of carbonyl (C=O) groups excluding carboxylic acids is 2. The van der Waals surface area contributed by atoms with E-state index in [1.807, 2.05) is 0 Å². The fourth-order valence-corrected chi connectivity index (χ4v) is 3.44. The fourth-order valence-electron chi connectivity index (χ4n) is 3.31. The summed E-state index contributed by atoms with van der Waals surface area (Å²) >= 11 is 5.99. The van der Waals surface area contributed by atoms with Gasteiger partial charge in [-0.2, -0.15) is 0 Å². The van der Waals surface area contributed by atoms with E-state index in [2.05, 4.69) is 5.32 Å². The monoisotopic (exact) mass is 436 g/mol. The van der Waals surface area contributed by atoms with E-state index >= 15 is 0 Å². The summed E-state index contributed by atoms with van der Waals surface area (Å²) in [5.74, 6) is -0.614. The van der Waals surface area contributed by atoms with Crippen LogP contribution in [-0.2, 0) is 16.1 Å². The van der Waals surface area contributed by atoms with Gasteiger partial charge in [0.25, 0.3) is 11.8 Å². The zero-order valence-corrected chi connectivity index (χ0v) is 17.3. The van der Waals surface area contributed by atoms with Gasteiger partial charge in [-0.15, -0.1) is 0 Å². The molecular formula is C24H18ClFN2O3. The van der Waals surface area contributed by atoms with Crippen molar-refractivity contribution in [2.75, 3.05) is 12.4 Å². The first-order valence-electron chi connectivity index (χ1n) is 9.48. The second-order valence-electron chi connectivity index (χ2n) is 6.93. The van der Waals surface area contributed by atoms with Crippen molar-refractivity contribution in [3.05, 3.63) is 100 Å². The van der Waals surface area contributed by atoms with E-state index in [1.54, 1.807) is 67.8 Å². The number of methoxy groups -OCH3 is 1. The van der Waals surface area contributed by atoms with Crippen LogP contribution in [0.25, 0.3) is 5.57 Å². The quantitative estimate of drug-likeness (QED) is 0.559. The number of nitrogens with one attached hydrogen (secondary N) is 1. The van der Waals surface area contributed by atoms with Gasteiger partial charge in [0.2, 0.25) is 0 Å². The first-order valence-corrected chi connectivity index (χ1v) is 9.86. The number of imide groups is 1. The summed E-state index contributed by atoms with van der Waals surface area (Å²) in [5, 5.41) is 3.60. The van der Waals surface area contributed by atoms with Crippen molar-refractivity contribution in [3.8, 4) is 5.75 Å². The van der Waals surface area contributed by atoms with Crippen molar-refractivity contribution >= 4 is 34.7 Å². The molecule has 0 atom stereocenters. The van der Waals surface area contributed by atoms with Crippen molar-refractivity contribution in [3.63, 3.8) is 0 Å². The Morgan fingerprint density at radius 1 is 0.903 bits per heavy atom. The van der Waals surface area contributed by atoms with E-state index < -0.39 is 11.8 Å². The Bertz CT molecular complexity index is 1160. The lowest BCUT2D eigenvalue weighted by atomic mass is 10.0. The molecule has 3 aromatic carbocycles. The van der Waals surface area contributed by atoms with E-state index in [-0.39, 0.29) is 23.6 Å². The van der Waals surface area contributed by atoms with Crippen LogP contribution < -0.4 is 10.1 Å². The molecule has 156 valence electrons. The smallest absolute Gasteiger partial charge is 0.278 e. The Kier molecular flexibility index (Phi) is 5.73. The summed E-state index contributed by atoms with van der Waals surface area (Å²) in [7, 11) is 1.57. The number of hydrogen-bond acceptors (Lipinski definition) is 4. The maximum absolute atomic E-state index is 13.3. The average molecular weight is 437 g/mol. The normalized spacial score (nSPS) is 13.7. The highest BCUT2D eigenvalue weighted by atomic mass is 35.5. The molecule has 0 radical (unpaired) electrons. The van der Waals surface area contributed by atoms with Gasteiger partial charge < -0.3 is 10.1 Å². The molecule has 0 unspecified atom stereocenters. The largest absolute Gasteiger partial charge is 0.497 e. The third kappa shape index (κ3) is 4.29. The van der Waals surface area contributed by atoms with E-state index in [1.165, 1.54) is 12.1 Å². The highest BCUT2D eigenvalue weighted by Crippen LogP contribution is 2.32. The van der Waals surface area contributed by atoms with Crippen LogP contribution in [0.1, 0.15) is 11.1 Å². The Labute approximate surface area is 183 Å². The Hall–Kier alpha value is -3.64. The zero-order chi connectivity index (χ0) is 22.0. The number of hydrogen-bond donors (Lipinski definition) is 1. The lowest BCUT2D eigenvalue weighted by Gasteiger charge is -2.15. The maximum Gasteiger partial charge on any atom is 0.278 e. The summed E-state index contributed by atoms with van der Waals surface area (Å²) in [6, 6.07) is 19.4. The molecule has 0 saturated carbocycles. The number of ether oxygens (including phenoxy) is 1. The summed E-state index contributed by atoms with van der Waals surface area (Å²) < 4.78 is 18.4. The van der Waals surface area contributed by atoms with E-state index in [0.717, 1.165) is 4.90 Å². The molecule has 0 aromatic heterocycles. The first kappa shape index (κ1) is 20.6. The molecule has 4 rings (SSSR count). The van der Waals surface area contributed by atoms with Crippen molar-refractivity contribution in [2.45, 2.75) is 6.54 Å². The van der Waals surface area contributed by atoms with Crippen LogP contribution in [0, 0.1) is 5.82 Å². The Morgan fingerprint density at radius 2 is 1.55 bits per heavy atom. The van der Waals surface area contributed by atoms with Gasteiger partial charge in [0.05, 0.1) is 19.2 Å². The van der Waals surface area contributed by atoms with Gasteiger partial charge in [-0.3, -0.25) is 14.5 Å². The fraction of sp³-hybridized carbons (Fsp3) is 0.0833. The number of rotatable bonds is 6. The summed E-state index contributed by atoms with van der Waals surface area (Å²) in [6.45, 7) is 0.0306. The number of amides is 2. The highest BCUT2D eigenvalue weighted by molar-refractivity contribution is 6.36. The molecule has 3 aromatic rings. The second kappa shape index (κ2) is 8.62. The minimum absolute atomic E-state index is 0.0306. The first-order chi connectivity index (χ1) is 15.0. The predicted molar refractivity (Wildman–Crippen MR) is 117 cm³/mol. The Balaban J connectivity index is 1.71.